The van der Waals surface area contributed by atoms with E-state index in [0.717, 1.165) is 13.1 Å². The molecule has 0 spiro atoms. The van der Waals surface area contributed by atoms with Crippen LogP contribution in [0.25, 0.3) is 0 Å². The predicted molar refractivity (Wildman–Crippen MR) is 69.2 cm³/mol. The Kier molecular flexibility index (Phi) is 8.12. The lowest BCUT2D eigenvalue weighted by Crippen LogP contribution is -2.53. The maximum Gasteiger partial charge on any atom is 0.251 e. The minimum absolute atomic E-state index is 0.128. The zero-order valence-corrected chi connectivity index (χ0v) is 11.7. The zero-order valence-electron chi connectivity index (χ0n) is 11.7. The smallest absolute Gasteiger partial charge is 0.251 e. The van der Waals surface area contributed by atoms with Gasteiger partial charge in [-0.05, 0) is 11.8 Å². The van der Waals surface area contributed by atoms with E-state index in [4.69, 9.17) is 10.6 Å². The van der Waals surface area contributed by atoms with Gasteiger partial charge in [0, 0.05) is 20.2 Å². The molecule has 102 valence electrons. The highest BCUT2D eigenvalue weighted by atomic mass is 16.5. The lowest BCUT2D eigenvalue weighted by Gasteiger charge is -2.33. The molecule has 0 fully saturated rings. The molecular formula is C12H27N3O2. The fourth-order valence-electron chi connectivity index (χ4n) is 2.00. The van der Waals surface area contributed by atoms with Crippen molar-refractivity contribution in [3.05, 3.63) is 0 Å². The summed E-state index contributed by atoms with van der Waals surface area (Å²) in [7, 11) is 1.67. The highest BCUT2D eigenvalue weighted by Gasteiger charge is 2.28. The van der Waals surface area contributed by atoms with Crippen LogP contribution in [0.3, 0.4) is 0 Å². The summed E-state index contributed by atoms with van der Waals surface area (Å²) in [6.07, 6.45) is 0. The quantitative estimate of drug-likeness (QED) is 0.373. The molecule has 0 saturated heterocycles. The van der Waals surface area contributed by atoms with Crippen molar-refractivity contribution in [1.82, 2.24) is 10.3 Å². The lowest BCUT2D eigenvalue weighted by molar-refractivity contribution is -0.128. The summed E-state index contributed by atoms with van der Waals surface area (Å²) in [5.41, 5.74) is 2.26. The third-order valence-corrected chi connectivity index (χ3v) is 2.62. The van der Waals surface area contributed by atoms with E-state index >= 15 is 0 Å². The second kappa shape index (κ2) is 8.44. The van der Waals surface area contributed by atoms with Crippen LogP contribution in [-0.4, -0.2) is 43.7 Å². The molecule has 0 aliphatic heterocycles. The molecule has 0 rings (SSSR count). The number of amides is 1. The number of methoxy groups -OCH3 is 1. The van der Waals surface area contributed by atoms with Gasteiger partial charge in [0.15, 0.2) is 0 Å². The molecule has 17 heavy (non-hydrogen) atoms. The van der Waals surface area contributed by atoms with E-state index in [2.05, 4.69) is 24.2 Å². The fraction of sp³-hybridized carbons (Fsp3) is 0.917. The summed E-state index contributed by atoms with van der Waals surface area (Å²) in [5.74, 6) is 5.84. The van der Waals surface area contributed by atoms with Gasteiger partial charge in [0.2, 0.25) is 0 Å². The SMILES string of the molecule is COCCN(CC(C)C)C(C(=O)NN)C(C)C. The number of hydrazine groups is 1. The molecule has 0 heterocycles. The molecule has 1 amide bonds. The Morgan fingerprint density at radius 2 is 1.94 bits per heavy atom. The standard InChI is InChI=1S/C12H27N3O2/c1-9(2)8-15(6-7-17-5)11(10(3)4)12(16)14-13/h9-11H,6-8,13H2,1-5H3,(H,14,16). The second-order valence-electron chi connectivity index (χ2n) is 5.08. The van der Waals surface area contributed by atoms with Gasteiger partial charge in [-0.3, -0.25) is 15.1 Å². The van der Waals surface area contributed by atoms with Crippen LogP contribution >= 0.6 is 0 Å². The van der Waals surface area contributed by atoms with Crippen molar-refractivity contribution in [2.75, 3.05) is 26.8 Å². The van der Waals surface area contributed by atoms with Gasteiger partial charge < -0.3 is 4.74 Å². The van der Waals surface area contributed by atoms with Crippen LogP contribution in [0.5, 0.6) is 0 Å². The van der Waals surface area contributed by atoms with Gasteiger partial charge in [0.1, 0.15) is 0 Å². The van der Waals surface area contributed by atoms with Gasteiger partial charge in [-0.1, -0.05) is 27.7 Å². The van der Waals surface area contributed by atoms with E-state index < -0.39 is 0 Å². The molecule has 0 radical (unpaired) electrons. The highest BCUT2D eigenvalue weighted by molar-refractivity contribution is 5.81. The third-order valence-electron chi connectivity index (χ3n) is 2.62. The Bertz CT molecular complexity index is 220. The summed E-state index contributed by atoms with van der Waals surface area (Å²) in [6.45, 7) is 10.5. The third kappa shape index (κ3) is 6.00. The van der Waals surface area contributed by atoms with Crippen LogP contribution in [0.2, 0.25) is 0 Å². The zero-order chi connectivity index (χ0) is 13.4. The fourth-order valence-corrected chi connectivity index (χ4v) is 2.00. The molecule has 0 aromatic rings. The Balaban J connectivity index is 4.73. The van der Waals surface area contributed by atoms with Crippen LogP contribution < -0.4 is 11.3 Å². The molecular weight excluding hydrogens is 218 g/mol. The molecule has 0 aliphatic carbocycles. The van der Waals surface area contributed by atoms with Crippen LogP contribution in [0, 0.1) is 11.8 Å². The van der Waals surface area contributed by atoms with E-state index in [1.54, 1.807) is 7.11 Å². The van der Waals surface area contributed by atoms with Gasteiger partial charge in [0.05, 0.1) is 12.6 Å². The van der Waals surface area contributed by atoms with E-state index in [1.165, 1.54) is 0 Å². The average Bonchev–Trinajstić information content (AvgIpc) is 2.24. The van der Waals surface area contributed by atoms with E-state index in [-0.39, 0.29) is 17.9 Å². The summed E-state index contributed by atoms with van der Waals surface area (Å²) >= 11 is 0. The van der Waals surface area contributed by atoms with Gasteiger partial charge >= 0.3 is 0 Å². The summed E-state index contributed by atoms with van der Waals surface area (Å²) in [5, 5.41) is 0. The number of nitrogens with zero attached hydrogens (tertiary/aromatic N) is 1. The summed E-state index contributed by atoms with van der Waals surface area (Å²) in [6, 6.07) is -0.197. The van der Waals surface area contributed by atoms with E-state index in [1.807, 2.05) is 13.8 Å². The second-order valence-corrected chi connectivity index (χ2v) is 5.08. The number of hydrogen-bond acceptors (Lipinski definition) is 4. The molecule has 5 heteroatoms. The monoisotopic (exact) mass is 245 g/mol. The first kappa shape index (κ1) is 16.4. The van der Waals surface area contributed by atoms with Gasteiger partial charge in [0.25, 0.3) is 5.91 Å². The number of hydrogen-bond donors (Lipinski definition) is 2. The topological polar surface area (TPSA) is 67.6 Å². The molecule has 0 bridgehead atoms. The van der Waals surface area contributed by atoms with Crippen molar-refractivity contribution in [2.24, 2.45) is 17.7 Å². The molecule has 0 aliphatic rings. The van der Waals surface area contributed by atoms with Crippen LogP contribution in [0.4, 0.5) is 0 Å². The Morgan fingerprint density at radius 1 is 1.35 bits per heavy atom. The van der Waals surface area contributed by atoms with Crippen LogP contribution in [0.15, 0.2) is 0 Å². The number of nitrogens with one attached hydrogen (secondary N) is 1. The summed E-state index contributed by atoms with van der Waals surface area (Å²) in [4.78, 5) is 14.0. The van der Waals surface area contributed by atoms with Crippen molar-refractivity contribution in [1.29, 1.82) is 0 Å². The number of carbonyl (C=O) groups is 1. The van der Waals surface area contributed by atoms with Crippen LogP contribution in [0.1, 0.15) is 27.7 Å². The largest absolute Gasteiger partial charge is 0.383 e. The lowest BCUT2D eigenvalue weighted by atomic mass is 10.0. The first-order valence-corrected chi connectivity index (χ1v) is 6.17. The number of ether oxygens (including phenoxy) is 1. The first-order chi connectivity index (χ1) is 7.93. The average molecular weight is 245 g/mol. The number of rotatable bonds is 8. The van der Waals surface area contributed by atoms with Crippen molar-refractivity contribution >= 4 is 5.91 Å². The Morgan fingerprint density at radius 3 is 2.29 bits per heavy atom. The normalized spacial score (nSPS) is 13.5. The minimum Gasteiger partial charge on any atom is -0.383 e. The summed E-state index contributed by atoms with van der Waals surface area (Å²) < 4.78 is 5.09. The highest BCUT2D eigenvalue weighted by Crippen LogP contribution is 2.13. The molecule has 5 nitrogen and oxygen atoms in total. The molecule has 0 saturated carbocycles. The Hall–Kier alpha value is -0.650. The van der Waals surface area contributed by atoms with Crippen LogP contribution in [-0.2, 0) is 9.53 Å². The molecule has 0 aromatic carbocycles. The minimum atomic E-state index is -0.197. The van der Waals surface area contributed by atoms with E-state index in [0.29, 0.717) is 12.5 Å². The number of carbonyl (C=O) groups excluding carboxylic acids is 1. The molecule has 3 N–H and O–H groups in total. The van der Waals surface area contributed by atoms with Gasteiger partial charge in [-0.2, -0.15) is 0 Å². The van der Waals surface area contributed by atoms with Gasteiger partial charge in [-0.15, -0.1) is 0 Å². The van der Waals surface area contributed by atoms with E-state index in [9.17, 15) is 4.79 Å². The molecule has 1 unspecified atom stereocenters. The predicted octanol–water partition coefficient (Wildman–Crippen LogP) is 0.605. The van der Waals surface area contributed by atoms with Crippen molar-refractivity contribution in [3.8, 4) is 0 Å². The maximum absolute atomic E-state index is 11.8. The molecule has 1 atom stereocenters. The molecule has 0 aromatic heterocycles. The van der Waals surface area contributed by atoms with Crippen molar-refractivity contribution < 1.29 is 9.53 Å². The van der Waals surface area contributed by atoms with Crippen molar-refractivity contribution in [2.45, 2.75) is 33.7 Å². The van der Waals surface area contributed by atoms with Gasteiger partial charge in [-0.25, -0.2) is 5.84 Å². The first-order valence-electron chi connectivity index (χ1n) is 6.17. The Labute approximate surface area is 105 Å². The van der Waals surface area contributed by atoms with Crippen molar-refractivity contribution in [3.63, 3.8) is 0 Å². The maximum atomic E-state index is 11.8. The number of nitrogens with two attached hydrogens (primary N) is 1.